The molecule has 0 spiro atoms. The Kier molecular flexibility index (Phi) is 4.13. The number of rotatable bonds is 3. The van der Waals surface area contributed by atoms with Gasteiger partial charge in [-0.2, -0.15) is 0 Å². The van der Waals surface area contributed by atoms with Crippen LogP contribution in [-0.2, 0) is 11.3 Å². The molecular weight excluding hydrogens is 241 g/mol. The molecule has 0 saturated carbocycles. The minimum atomic E-state index is -0.270. The molecule has 0 amide bonds. The van der Waals surface area contributed by atoms with Crippen LogP contribution < -0.4 is 0 Å². The van der Waals surface area contributed by atoms with E-state index >= 15 is 0 Å². The predicted molar refractivity (Wildman–Crippen MR) is 65.5 cm³/mol. The smallest absolute Gasteiger partial charge is 0.124 e. The number of hydrogen-bond acceptors (Lipinski definition) is 2. The van der Waals surface area contributed by atoms with Gasteiger partial charge in [0.25, 0.3) is 0 Å². The molecule has 92 valence electrons. The molecule has 0 aromatic heterocycles. The van der Waals surface area contributed by atoms with Gasteiger partial charge in [-0.05, 0) is 43.1 Å². The predicted octanol–water partition coefficient (Wildman–Crippen LogP) is 2.89. The van der Waals surface area contributed by atoms with E-state index in [0.29, 0.717) is 11.6 Å². The van der Waals surface area contributed by atoms with Gasteiger partial charge < -0.3 is 4.79 Å². The lowest BCUT2D eigenvalue weighted by Gasteiger charge is -2.30. The lowest BCUT2D eigenvalue weighted by molar-refractivity contribution is -0.112. The molecular formula is C13H15ClFNO. The highest BCUT2D eigenvalue weighted by Gasteiger charge is 2.19. The summed E-state index contributed by atoms with van der Waals surface area (Å²) in [5, 5.41) is 0.583. The summed E-state index contributed by atoms with van der Waals surface area (Å²) in [4.78, 5) is 12.9. The third-order valence-corrected chi connectivity index (χ3v) is 3.50. The third kappa shape index (κ3) is 3.27. The minimum absolute atomic E-state index is 0.107. The van der Waals surface area contributed by atoms with Crippen molar-refractivity contribution in [3.8, 4) is 0 Å². The highest BCUT2D eigenvalue weighted by molar-refractivity contribution is 6.31. The van der Waals surface area contributed by atoms with Crippen molar-refractivity contribution < 1.29 is 9.18 Å². The van der Waals surface area contributed by atoms with Crippen LogP contribution in [0.25, 0.3) is 0 Å². The fourth-order valence-electron chi connectivity index (χ4n) is 2.25. The Hall–Kier alpha value is -0.930. The van der Waals surface area contributed by atoms with Gasteiger partial charge in [0.15, 0.2) is 0 Å². The minimum Gasteiger partial charge on any atom is -0.303 e. The molecule has 1 heterocycles. The SMILES string of the molecule is O=CC1CCCN(Cc2cc(F)ccc2Cl)C1. The van der Waals surface area contributed by atoms with Crippen LogP contribution in [-0.4, -0.2) is 24.3 Å². The molecule has 1 aliphatic heterocycles. The summed E-state index contributed by atoms with van der Waals surface area (Å²) in [6.07, 6.45) is 2.98. The van der Waals surface area contributed by atoms with E-state index in [2.05, 4.69) is 4.90 Å². The highest BCUT2D eigenvalue weighted by atomic mass is 35.5. The standard InChI is InChI=1S/C13H15ClFNO/c14-13-4-3-12(15)6-11(13)8-16-5-1-2-10(7-16)9-17/h3-4,6,9-10H,1-2,5,7-8H2. The van der Waals surface area contributed by atoms with Crippen LogP contribution in [0.2, 0.25) is 5.02 Å². The Bertz CT molecular complexity index is 410. The molecule has 1 unspecified atom stereocenters. The van der Waals surface area contributed by atoms with Gasteiger partial charge >= 0.3 is 0 Å². The monoisotopic (exact) mass is 255 g/mol. The summed E-state index contributed by atoms with van der Waals surface area (Å²) < 4.78 is 13.1. The number of nitrogens with zero attached hydrogens (tertiary/aromatic N) is 1. The Morgan fingerprint density at radius 3 is 3.12 bits per heavy atom. The van der Waals surface area contributed by atoms with Crippen molar-refractivity contribution in [2.24, 2.45) is 5.92 Å². The topological polar surface area (TPSA) is 20.3 Å². The van der Waals surface area contributed by atoms with Gasteiger partial charge in [0.1, 0.15) is 12.1 Å². The molecule has 0 aliphatic carbocycles. The fraction of sp³-hybridized carbons (Fsp3) is 0.462. The van der Waals surface area contributed by atoms with Gasteiger partial charge in [0.2, 0.25) is 0 Å². The maximum atomic E-state index is 13.1. The molecule has 17 heavy (non-hydrogen) atoms. The van der Waals surface area contributed by atoms with E-state index in [9.17, 15) is 9.18 Å². The van der Waals surface area contributed by atoms with E-state index in [4.69, 9.17) is 11.6 Å². The number of benzene rings is 1. The van der Waals surface area contributed by atoms with E-state index in [1.807, 2.05) is 0 Å². The summed E-state index contributed by atoms with van der Waals surface area (Å²) in [5.41, 5.74) is 0.790. The first-order valence-electron chi connectivity index (χ1n) is 5.80. The van der Waals surface area contributed by atoms with Crippen molar-refractivity contribution in [2.45, 2.75) is 19.4 Å². The number of hydrogen-bond donors (Lipinski definition) is 0. The summed E-state index contributed by atoms with van der Waals surface area (Å²) in [6, 6.07) is 4.40. The summed E-state index contributed by atoms with van der Waals surface area (Å²) in [6.45, 7) is 2.30. The average Bonchev–Trinajstić information content (AvgIpc) is 2.34. The molecule has 0 radical (unpaired) electrons. The van der Waals surface area contributed by atoms with E-state index in [1.54, 1.807) is 6.07 Å². The molecule has 4 heteroatoms. The van der Waals surface area contributed by atoms with Gasteiger partial charge in [0.05, 0.1) is 0 Å². The van der Waals surface area contributed by atoms with Crippen LogP contribution in [0.3, 0.4) is 0 Å². The molecule has 1 aromatic rings. The first kappa shape index (κ1) is 12.5. The van der Waals surface area contributed by atoms with Crippen LogP contribution >= 0.6 is 11.6 Å². The van der Waals surface area contributed by atoms with E-state index < -0.39 is 0 Å². The fourth-order valence-corrected chi connectivity index (χ4v) is 2.43. The number of carbonyl (C=O) groups excluding carboxylic acids is 1. The molecule has 1 fully saturated rings. The third-order valence-electron chi connectivity index (χ3n) is 3.14. The van der Waals surface area contributed by atoms with E-state index in [0.717, 1.165) is 37.8 Å². The second-order valence-corrected chi connectivity index (χ2v) is 4.92. The van der Waals surface area contributed by atoms with Crippen molar-refractivity contribution in [2.75, 3.05) is 13.1 Å². The van der Waals surface area contributed by atoms with Crippen molar-refractivity contribution in [3.05, 3.63) is 34.6 Å². The number of halogens is 2. The normalized spacial score (nSPS) is 21.4. The van der Waals surface area contributed by atoms with E-state index in [-0.39, 0.29) is 11.7 Å². The van der Waals surface area contributed by atoms with E-state index in [1.165, 1.54) is 12.1 Å². The van der Waals surface area contributed by atoms with Crippen LogP contribution in [0, 0.1) is 11.7 Å². The number of carbonyl (C=O) groups is 1. The molecule has 1 aliphatic rings. The first-order valence-corrected chi connectivity index (χ1v) is 6.18. The zero-order chi connectivity index (χ0) is 12.3. The van der Waals surface area contributed by atoms with Crippen molar-refractivity contribution in [1.82, 2.24) is 4.90 Å². The first-order chi connectivity index (χ1) is 8.19. The lowest BCUT2D eigenvalue weighted by atomic mass is 9.99. The average molecular weight is 256 g/mol. The van der Waals surface area contributed by atoms with Crippen molar-refractivity contribution in [3.63, 3.8) is 0 Å². The second kappa shape index (κ2) is 5.61. The molecule has 0 N–H and O–H groups in total. The molecule has 1 aromatic carbocycles. The Morgan fingerprint density at radius 1 is 1.53 bits per heavy atom. The molecule has 2 rings (SSSR count). The molecule has 0 bridgehead atoms. The lowest BCUT2D eigenvalue weighted by Crippen LogP contribution is -2.35. The molecule has 1 atom stereocenters. The van der Waals surface area contributed by atoms with Gasteiger partial charge in [0, 0.05) is 24.0 Å². The van der Waals surface area contributed by atoms with Crippen LogP contribution in [0.5, 0.6) is 0 Å². The van der Waals surface area contributed by atoms with Gasteiger partial charge in [-0.25, -0.2) is 4.39 Å². The number of aldehydes is 1. The summed E-state index contributed by atoms with van der Waals surface area (Å²) in [5.74, 6) is -0.163. The van der Waals surface area contributed by atoms with Crippen LogP contribution in [0.1, 0.15) is 18.4 Å². The number of piperidine rings is 1. The van der Waals surface area contributed by atoms with Crippen LogP contribution in [0.4, 0.5) is 4.39 Å². The molecule has 1 saturated heterocycles. The zero-order valence-electron chi connectivity index (χ0n) is 9.53. The maximum absolute atomic E-state index is 13.1. The van der Waals surface area contributed by atoms with Gasteiger partial charge in [-0.15, -0.1) is 0 Å². The summed E-state index contributed by atoms with van der Waals surface area (Å²) in [7, 11) is 0. The Balaban J connectivity index is 2.04. The Labute approximate surface area is 105 Å². The van der Waals surface area contributed by atoms with Crippen LogP contribution in [0.15, 0.2) is 18.2 Å². The number of likely N-dealkylation sites (tertiary alicyclic amines) is 1. The summed E-state index contributed by atoms with van der Waals surface area (Å²) >= 11 is 6.02. The van der Waals surface area contributed by atoms with Gasteiger partial charge in [-0.1, -0.05) is 11.6 Å². The second-order valence-electron chi connectivity index (χ2n) is 4.51. The van der Waals surface area contributed by atoms with Crippen molar-refractivity contribution in [1.29, 1.82) is 0 Å². The molecule has 2 nitrogen and oxygen atoms in total. The quantitative estimate of drug-likeness (QED) is 0.774. The Morgan fingerprint density at radius 2 is 2.35 bits per heavy atom. The zero-order valence-corrected chi connectivity index (χ0v) is 10.3. The van der Waals surface area contributed by atoms with Crippen molar-refractivity contribution >= 4 is 17.9 Å². The van der Waals surface area contributed by atoms with Gasteiger partial charge in [-0.3, -0.25) is 4.90 Å². The largest absolute Gasteiger partial charge is 0.303 e. The highest BCUT2D eigenvalue weighted by Crippen LogP contribution is 2.22. The maximum Gasteiger partial charge on any atom is 0.124 e.